The zero-order chi connectivity index (χ0) is 16.9. The molecule has 0 fully saturated rings. The van der Waals surface area contributed by atoms with Gasteiger partial charge in [0.1, 0.15) is 5.75 Å². The lowest BCUT2D eigenvalue weighted by Gasteiger charge is -2.24. The minimum absolute atomic E-state index is 0.0944. The maximum Gasteiger partial charge on any atom is 0.255 e. The van der Waals surface area contributed by atoms with E-state index in [4.69, 9.17) is 4.74 Å². The molecular weight excluding hydrogens is 278 g/mol. The molecule has 1 rings (SSSR count). The van der Waals surface area contributed by atoms with Crippen LogP contribution in [0.1, 0.15) is 67.9 Å². The van der Waals surface area contributed by atoms with Gasteiger partial charge in [-0.15, -0.1) is 0 Å². The first-order chi connectivity index (χ1) is 10.4. The fraction of sp³-hybridized carbons (Fsp3) is 0.611. The lowest BCUT2D eigenvalue weighted by atomic mass is 9.88. The van der Waals surface area contributed by atoms with Crippen LogP contribution >= 0.6 is 0 Å². The highest BCUT2D eigenvalue weighted by Gasteiger charge is 2.26. The second kappa shape index (κ2) is 8.18. The molecular formula is C18H29NO3. The van der Waals surface area contributed by atoms with Gasteiger partial charge < -0.3 is 15.2 Å². The summed E-state index contributed by atoms with van der Waals surface area (Å²) >= 11 is 0. The first-order valence-corrected chi connectivity index (χ1v) is 8.03. The van der Waals surface area contributed by atoms with Gasteiger partial charge >= 0.3 is 0 Å². The van der Waals surface area contributed by atoms with Crippen LogP contribution in [0.15, 0.2) is 12.1 Å². The molecule has 4 heteroatoms. The molecule has 2 N–H and O–H groups in total. The topological polar surface area (TPSA) is 58.6 Å². The van der Waals surface area contributed by atoms with Crippen LogP contribution in [-0.4, -0.2) is 30.3 Å². The van der Waals surface area contributed by atoms with E-state index in [-0.39, 0.29) is 17.9 Å². The highest BCUT2D eigenvalue weighted by molar-refractivity contribution is 5.99. The van der Waals surface area contributed by atoms with Gasteiger partial charge in [0.05, 0.1) is 18.8 Å². The van der Waals surface area contributed by atoms with Crippen molar-refractivity contribution in [3.8, 4) is 5.75 Å². The molecule has 0 aliphatic rings. The summed E-state index contributed by atoms with van der Waals surface area (Å²) in [7, 11) is 1.58. The van der Waals surface area contributed by atoms with Crippen molar-refractivity contribution in [1.82, 2.24) is 5.32 Å². The number of hydrogen-bond donors (Lipinski definition) is 2. The van der Waals surface area contributed by atoms with E-state index in [1.165, 1.54) is 0 Å². The quantitative estimate of drug-likeness (QED) is 0.811. The molecule has 0 saturated carbocycles. The summed E-state index contributed by atoms with van der Waals surface area (Å²) in [6.07, 6.45) is 1.02. The van der Waals surface area contributed by atoms with Crippen LogP contribution in [-0.2, 0) is 0 Å². The van der Waals surface area contributed by atoms with Gasteiger partial charge in [-0.25, -0.2) is 0 Å². The maximum absolute atomic E-state index is 12.7. The van der Waals surface area contributed by atoms with Crippen LogP contribution < -0.4 is 10.1 Å². The van der Waals surface area contributed by atoms with E-state index in [1.54, 1.807) is 7.11 Å². The number of aryl methyl sites for hydroxylation is 1. The average Bonchev–Trinajstić information content (AvgIpc) is 2.52. The van der Waals surface area contributed by atoms with Crippen molar-refractivity contribution in [2.75, 3.05) is 7.11 Å². The van der Waals surface area contributed by atoms with Crippen LogP contribution in [0, 0.1) is 6.92 Å². The predicted molar refractivity (Wildman–Crippen MR) is 89.7 cm³/mol. The van der Waals surface area contributed by atoms with Gasteiger partial charge in [0.2, 0.25) is 0 Å². The van der Waals surface area contributed by atoms with E-state index >= 15 is 0 Å². The van der Waals surface area contributed by atoms with Crippen molar-refractivity contribution >= 4 is 5.91 Å². The zero-order valence-electron chi connectivity index (χ0n) is 14.6. The van der Waals surface area contributed by atoms with Gasteiger partial charge in [0.15, 0.2) is 0 Å². The van der Waals surface area contributed by atoms with Crippen LogP contribution in [0.3, 0.4) is 0 Å². The fourth-order valence-electron chi connectivity index (χ4n) is 2.54. The second-order valence-electron chi connectivity index (χ2n) is 5.93. The Bertz CT molecular complexity index is 513. The van der Waals surface area contributed by atoms with E-state index in [0.29, 0.717) is 17.7 Å². The standard InChI is InChI=1S/C18H29NO3/c1-7-12(4)19-18(21)16-14(13(5)15(20)8-2)10-9-11(3)17(16)22-6/h9-10,12-13,15,20H,7-8H2,1-6H3,(H,19,21). The van der Waals surface area contributed by atoms with E-state index in [9.17, 15) is 9.90 Å². The third-order valence-electron chi connectivity index (χ3n) is 4.29. The van der Waals surface area contributed by atoms with Gasteiger partial charge in [-0.1, -0.05) is 32.9 Å². The van der Waals surface area contributed by atoms with E-state index in [0.717, 1.165) is 17.5 Å². The lowest BCUT2D eigenvalue weighted by Crippen LogP contribution is -2.33. The Kier molecular flexibility index (Phi) is 6.88. The molecule has 3 unspecified atom stereocenters. The van der Waals surface area contributed by atoms with Crippen molar-refractivity contribution in [3.63, 3.8) is 0 Å². The Labute approximate surface area is 133 Å². The monoisotopic (exact) mass is 307 g/mol. The number of aliphatic hydroxyl groups is 1. The van der Waals surface area contributed by atoms with Gasteiger partial charge in [0, 0.05) is 12.0 Å². The van der Waals surface area contributed by atoms with E-state index in [1.807, 2.05) is 46.8 Å². The molecule has 1 aromatic rings. The molecule has 0 aromatic heterocycles. The number of amides is 1. The normalized spacial score (nSPS) is 15.0. The molecule has 1 aromatic carbocycles. The third-order valence-corrected chi connectivity index (χ3v) is 4.29. The predicted octanol–water partition coefficient (Wildman–Crippen LogP) is 3.41. The number of carbonyl (C=O) groups is 1. The number of rotatable bonds is 7. The van der Waals surface area contributed by atoms with Crippen LogP contribution in [0.2, 0.25) is 0 Å². The van der Waals surface area contributed by atoms with Gasteiger partial charge in [-0.3, -0.25) is 4.79 Å². The highest BCUT2D eigenvalue weighted by atomic mass is 16.5. The lowest BCUT2D eigenvalue weighted by molar-refractivity contribution is 0.0931. The first kappa shape index (κ1) is 18.5. The number of methoxy groups -OCH3 is 1. The number of carbonyl (C=O) groups excluding carboxylic acids is 1. The van der Waals surface area contributed by atoms with E-state index in [2.05, 4.69) is 5.32 Å². The molecule has 4 nitrogen and oxygen atoms in total. The Hall–Kier alpha value is -1.55. The summed E-state index contributed by atoms with van der Waals surface area (Å²) < 4.78 is 5.47. The maximum atomic E-state index is 12.7. The summed E-state index contributed by atoms with van der Waals surface area (Å²) in [4.78, 5) is 12.7. The van der Waals surface area contributed by atoms with Gasteiger partial charge in [-0.05, 0) is 37.8 Å². The molecule has 0 heterocycles. The molecule has 0 bridgehead atoms. The molecule has 0 radical (unpaired) electrons. The highest BCUT2D eigenvalue weighted by Crippen LogP contribution is 2.33. The minimum atomic E-state index is -0.484. The molecule has 0 saturated heterocycles. The average molecular weight is 307 g/mol. The van der Waals surface area contributed by atoms with Crippen LogP contribution in [0.25, 0.3) is 0 Å². The summed E-state index contributed by atoms with van der Waals surface area (Å²) in [6, 6.07) is 3.96. The minimum Gasteiger partial charge on any atom is -0.496 e. The van der Waals surface area contributed by atoms with Crippen molar-refractivity contribution in [2.45, 2.75) is 65.5 Å². The first-order valence-electron chi connectivity index (χ1n) is 8.03. The molecule has 0 aliphatic heterocycles. The smallest absolute Gasteiger partial charge is 0.255 e. The number of hydrogen-bond acceptors (Lipinski definition) is 3. The second-order valence-corrected chi connectivity index (χ2v) is 5.93. The van der Waals surface area contributed by atoms with Crippen molar-refractivity contribution in [2.24, 2.45) is 0 Å². The van der Waals surface area contributed by atoms with Gasteiger partial charge in [-0.2, -0.15) is 0 Å². The Balaban J connectivity index is 3.36. The number of aliphatic hydroxyl groups excluding tert-OH is 1. The Morgan fingerprint density at radius 3 is 2.41 bits per heavy atom. The van der Waals surface area contributed by atoms with Crippen LogP contribution in [0.5, 0.6) is 5.75 Å². The number of benzene rings is 1. The van der Waals surface area contributed by atoms with E-state index < -0.39 is 6.10 Å². The fourth-order valence-corrected chi connectivity index (χ4v) is 2.54. The van der Waals surface area contributed by atoms with Gasteiger partial charge in [0.25, 0.3) is 5.91 Å². The molecule has 0 spiro atoms. The van der Waals surface area contributed by atoms with Crippen molar-refractivity contribution in [3.05, 3.63) is 28.8 Å². The molecule has 124 valence electrons. The zero-order valence-corrected chi connectivity index (χ0v) is 14.6. The largest absolute Gasteiger partial charge is 0.496 e. The molecule has 3 atom stereocenters. The SMILES string of the molecule is CCC(C)NC(=O)c1c(C(C)C(O)CC)ccc(C)c1OC. The molecule has 22 heavy (non-hydrogen) atoms. The summed E-state index contributed by atoms with van der Waals surface area (Å²) in [6.45, 7) is 9.81. The number of nitrogens with one attached hydrogen (secondary N) is 1. The third kappa shape index (κ3) is 4.01. The molecule has 0 aliphatic carbocycles. The Morgan fingerprint density at radius 2 is 1.91 bits per heavy atom. The summed E-state index contributed by atoms with van der Waals surface area (Å²) in [5.74, 6) is 0.325. The molecule has 1 amide bonds. The summed E-state index contributed by atoms with van der Waals surface area (Å²) in [5, 5.41) is 13.2. The van der Waals surface area contributed by atoms with Crippen LogP contribution in [0.4, 0.5) is 0 Å². The summed E-state index contributed by atoms with van der Waals surface area (Å²) in [5.41, 5.74) is 2.29. The van der Waals surface area contributed by atoms with Crippen molar-refractivity contribution in [1.29, 1.82) is 0 Å². The number of ether oxygens (including phenoxy) is 1. The Morgan fingerprint density at radius 1 is 1.27 bits per heavy atom. The van der Waals surface area contributed by atoms with Crippen molar-refractivity contribution < 1.29 is 14.6 Å².